The molecule has 1 saturated carbocycles. The molecular formula is C38H55ClN2O6SSi. The van der Waals surface area contributed by atoms with E-state index in [2.05, 4.69) is 43.5 Å². The number of carbonyl (C=O) groups excluding carboxylic acids is 1. The van der Waals surface area contributed by atoms with Crippen LogP contribution < -0.4 is 14.4 Å². The molecule has 0 aromatic heterocycles. The standard InChI is InChI=1S/C38H55ClN2O6SSi/c1-26-21-27(18-20-47-49(5,6)38(2,3)4)10-16-35(42)33-15-12-30(33)24-41-19-8-7-9-28-22-32(39)14-11-31(28)25-46-36-17-13-29(23-34(36)41)37(43)40-48(26,44)45/h10-11,13-14,16-17,22-23,26-27,30,33,35,42H,7-9,12,15,18-21,24-25H2,1-6H3,(H,40,43)/b16-10+/t26-,27-,30+,33-,35+/m1/s1. The van der Waals surface area contributed by atoms with Gasteiger partial charge in [0, 0.05) is 30.3 Å². The van der Waals surface area contributed by atoms with Crippen molar-refractivity contribution in [3.8, 4) is 5.75 Å². The lowest BCUT2D eigenvalue weighted by atomic mass is 9.70. The van der Waals surface area contributed by atoms with Gasteiger partial charge in [0.05, 0.1) is 17.0 Å². The van der Waals surface area contributed by atoms with Crippen LogP contribution in [0.25, 0.3) is 0 Å². The second kappa shape index (κ2) is 15.5. The van der Waals surface area contributed by atoms with Crippen LogP contribution in [0.3, 0.4) is 0 Å². The van der Waals surface area contributed by atoms with E-state index in [-0.39, 0.29) is 28.4 Å². The second-order valence-corrected chi connectivity index (χ2v) is 23.2. The molecule has 1 fully saturated rings. The van der Waals surface area contributed by atoms with Crippen LogP contribution >= 0.6 is 11.6 Å². The van der Waals surface area contributed by atoms with E-state index in [1.54, 1.807) is 25.1 Å². The summed E-state index contributed by atoms with van der Waals surface area (Å²) in [7, 11) is -5.99. The van der Waals surface area contributed by atoms with Crippen LogP contribution in [0.4, 0.5) is 5.69 Å². The highest BCUT2D eigenvalue weighted by Crippen LogP contribution is 2.41. The number of amides is 1. The molecule has 8 nitrogen and oxygen atoms in total. The summed E-state index contributed by atoms with van der Waals surface area (Å²) in [5.74, 6) is 0.200. The number of aliphatic hydroxyl groups excluding tert-OH is 1. The molecule has 5 rings (SSSR count). The number of hydrogen-bond donors (Lipinski definition) is 2. The van der Waals surface area contributed by atoms with Crippen molar-refractivity contribution in [2.75, 3.05) is 24.6 Å². The van der Waals surface area contributed by atoms with Gasteiger partial charge in [-0.25, -0.2) is 13.1 Å². The van der Waals surface area contributed by atoms with E-state index in [0.29, 0.717) is 43.4 Å². The van der Waals surface area contributed by atoms with Crippen LogP contribution in [0.5, 0.6) is 5.75 Å². The van der Waals surface area contributed by atoms with Crippen molar-refractivity contribution < 1.29 is 27.5 Å². The van der Waals surface area contributed by atoms with Crippen molar-refractivity contribution in [3.63, 3.8) is 0 Å². The average molecular weight is 731 g/mol. The Hall–Kier alpha value is -2.37. The lowest BCUT2D eigenvalue weighted by Gasteiger charge is -2.42. The first-order valence-electron chi connectivity index (χ1n) is 17.9. The molecule has 0 radical (unpaired) electrons. The van der Waals surface area contributed by atoms with Gasteiger partial charge in [-0.3, -0.25) is 4.79 Å². The molecule has 49 heavy (non-hydrogen) atoms. The van der Waals surface area contributed by atoms with Gasteiger partial charge >= 0.3 is 0 Å². The maximum atomic E-state index is 13.6. The van der Waals surface area contributed by atoms with Crippen molar-refractivity contribution in [2.45, 2.75) is 109 Å². The third-order valence-electron chi connectivity index (χ3n) is 11.3. The predicted octanol–water partition coefficient (Wildman–Crippen LogP) is 7.88. The Morgan fingerprint density at radius 3 is 2.57 bits per heavy atom. The summed E-state index contributed by atoms with van der Waals surface area (Å²) < 4.78 is 42.4. The van der Waals surface area contributed by atoms with E-state index in [1.165, 1.54) is 5.56 Å². The van der Waals surface area contributed by atoms with Crippen LogP contribution in [0.2, 0.25) is 23.2 Å². The molecule has 0 saturated heterocycles. The number of carbonyl (C=O) groups is 1. The molecule has 270 valence electrons. The minimum atomic E-state index is -4.00. The monoisotopic (exact) mass is 730 g/mol. The molecular weight excluding hydrogens is 676 g/mol. The van der Waals surface area contributed by atoms with E-state index in [9.17, 15) is 18.3 Å². The lowest BCUT2D eigenvalue weighted by molar-refractivity contribution is 0.0459. The fourth-order valence-corrected chi connectivity index (χ4v) is 9.20. The van der Waals surface area contributed by atoms with E-state index in [0.717, 1.165) is 49.9 Å². The largest absolute Gasteiger partial charge is 0.487 e. The van der Waals surface area contributed by atoms with Gasteiger partial charge in [-0.05, 0) is 129 Å². The Bertz CT molecular complexity index is 1620. The molecule has 11 heteroatoms. The third kappa shape index (κ3) is 9.30. The number of nitrogens with zero attached hydrogens (tertiary/aromatic N) is 1. The summed E-state index contributed by atoms with van der Waals surface area (Å²) in [6.07, 6.45) is 8.84. The number of rotatable bonds is 4. The molecule has 2 N–H and O–H groups in total. The van der Waals surface area contributed by atoms with Crippen molar-refractivity contribution in [1.29, 1.82) is 0 Å². The highest BCUT2D eigenvalue weighted by atomic mass is 35.5. The minimum Gasteiger partial charge on any atom is -0.487 e. The van der Waals surface area contributed by atoms with Crippen LogP contribution in [0, 0.1) is 17.8 Å². The first-order chi connectivity index (χ1) is 23.0. The summed E-state index contributed by atoms with van der Waals surface area (Å²) in [6.45, 7) is 15.0. The van der Waals surface area contributed by atoms with Crippen LogP contribution in [0.15, 0.2) is 48.6 Å². The van der Waals surface area contributed by atoms with Crippen molar-refractivity contribution in [2.24, 2.45) is 17.8 Å². The van der Waals surface area contributed by atoms with Gasteiger partial charge in [0.1, 0.15) is 12.4 Å². The smallest absolute Gasteiger partial charge is 0.264 e. The number of benzene rings is 2. The van der Waals surface area contributed by atoms with Gasteiger partial charge in [-0.2, -0.15) is 0 Å². The first-order valence-corrected chi connectivity index (χ1v) is 22.7. The highest BCUT2D eigenvalue weighted by molar-refractivity contribution is 7.90. The molecule has 1 aliphatic carbocycles. The van der Waals surface area contributed by atoms with Crippen molar-refractivity contribution >= 4 is 41.5 Å². The number of sulfonamides is 1. The highest BCUT2D eigenvalue weighted by Gasteiger charge is 2.39. The van der Waals surface area contributed by atoms with Crippen LogP contribution in [-0.2, 0) is 27.5 Å². The van der Waals surface area contributed by atoms with Crippen LogP contribution in [-0.4, -0.2) is 58.8 Å². The molecule has 3 aliphatic rings. The van der Waals surface area contributed by atoms with Gasteiger partial charge in [0.15, 0.2) is 8.32 Å². The van der Waals surface area contributed by atoms with Crippen molar-refractivity contribution in [1.82, 2.24) is 4.72 Å². The number of nitrogens with one attached hydrogen (secondary N) is 1. The topological polar surface area (TPSA) is 105 Å². The SMILES string of the molecule is C[C@@H]1C[C@@H](CCO[Si](C)(C)C(C)(C)C)/C=C/[C@H](O)[C@@H]2CC[C@H]2CN2CCCCc3cc(Cl)ccc3COc3ccc(cc32)C(=O)NS1(=O)=O. The molecule has 2 aromatic carbocycles. The summed E-state index contributed by atoms with van der Waals surface area (Å²) in [5, 5.41) is 11.4. The van der Waals surface area contributed by atoms with Gasteiger partial charge < -0.3 is 19.2 Å². The number of ether oxygens (including phenoxy) is 1. The summed E-state index contributed by atoms with van der Waals surface area (Å²) >= 11 is 6.34. The quantitative estimate of drug-likeness (QED) is 0.244. The Balaban J connectivity index is 1.45. The van der Waals surface area contributed by atoms with E-state index < -0.39 is 35.6 Å². The third-order valence-corrected chi connectivity index (χ3v) is 17.8. The Kier molecular flexibility index (Phi) is 12.0. The van der Waals surface area contributed by atoms with Gasteiger partial charge in [-0.15, -0.1) is 0 Å². The zero-order chi connectivity index (χ0) is 35.6. The Morgan fingerprint density at radius 1 is 1.08 bits per heavy atom. The molecule has 2 aliphatic heterocycles. The van der Waals surface area contributed by atoms with Crippen molar-refractivity contribution in [3.05, 3.63) is 70.3 Å². The molecule has 2 heterocycles. The van der Waals surface area contributed by atoms with E-state index >= 15 is 0 Å². The zero-order valence-electron chi connectivity index (χ0n) is 30.0. The molecule has 1 amide bonds. The van der Waals surface area contributed by atoms with E-state index in [1.807, 2.05) is 30.4 Å². The number of aliphatic hydroxyl groups is 1. The number of allylic oxidation sites excluding steroid dienone is 1. The molecule has 2 bridgehead atoms. The number of hydrogen-bond acceptors (Lipinski definition) is 7. The first kappa shape index (κ1) is 37.9. The molecule has 5 atom stereocenters. The maximum absolute atomic E-state index is 13.6. The molecule has 0 unspecified atom stereocenters. The summed E-state index contributed by atoms with van der Waals surface area (Å²) in [4.78, 5) is 15.9. The molecule has 2 aromatic rings. The lowest BCUT2D eigenvalue weighted by Crippen LogP contribution is -2.43. The number of anilines is 1. The zero-order valence-corrected chi connectivity index (χ0v) is 32.6. The summed E-state index contributed by atoms with van der Waals surface area (Å²) in [6, 6.07) is 11.1. The van der Waals surface area contributed by atoms with Gasteiger partial charge in [0.2, 0.25) is 10.0 Å². The Morgan fingerprint density at radius 2 is 1.86 bits per heavy atom. The number of fused-ring (bicyclic) bond motifs is 3. The second-order valence-electron chi connectivity index (χ2n) is 15.8. The number of halogens is 1. The maximum Gasteiger partial charge on any atom is 0.264 e. The van der Waals surface area contributed by atoms with Gasteiger partial charge in [0.25, 0.3) is 5.91 Å². The van der Waals surface area contributed by atoms with Crippen LogP contribution in [0.1, 0.15) is 87.7 Å². The van der Waals surface area contributed by atoms with E-state index in [4.69, 9.17) is 20.8 Å². The fraction of sp³-hybridized carbons (Fsp3) is 0.605. The summed E-state index contributed by atoms with van der Waals surface area (Å²) in [5.41, 5.74) is 3.27. The predicted molar refractivity (Wildman–Crippen MR) is 200 cm³/mol. The fourth-order valence-electron chi connectivity index (χ4n) is 6.86. The Labute approximate surface area is 299 Å². The van der Waals surface area contributed by atoms with Gasteiger partial charge in [-0.1, -0.05) is 50.6 Å². The minimum absolute atomic E-state index is 0.0627. The average Bonchev–Trinajstić information content (AvgIpc) is 3.03. The number of aryl methyl sites for hydroxylation is 1. The normalized spacial score (nSPS) is 27.3. The molecule has 0 spiro atoms.